The maximum Gasteiger partial charge on any atom is 0.303 e. The third-order valence-electron chi connectivity index (χ3n) is 4.38. The lowest BCUT2D eigenvalue weighted by molar-refractivity contribution is -0.138. The number of nitrogens with zero attached hydrogens (tertiary/aromatic N) is 1. The van der Waals surface area contributed by atoms with E-state index in [0.717, 1.165) is 19.4 Å². The first-order chi connectivity index (χ1) is 9.31. The van der Waals surface area contributed by atoms with E-state index in [1.54, 1.807) is 0 Å². The number of aliphatic carboxylic acids is 1. The predicted octanol–water partition coefficient (Wildman–Crippen LogP) is 1.71. The molecule has 3 atom stereocenters. The van der Waals surface area contributed by atoms with Gasteiger partial charge in [0, 0.05) is 32.0 Å². The van der Waals surface area contributed by atoms with Crippen molar-refractivity contribution >= 4 is 11.9 Å². The zero-order valence-corrected chi connectivity index (χ0v) is 12.8. The summed E-state index contributed by atoms with van der Waals surface area (Å²) in [6, 6.07) is -0.0979. The summed E-state index contributed by atoms with van der Waals surface area (Å²) in [7, 11) is 0. The minimum absolute atomic E-state index is 0.0979. The first-order valence-electron chi connectivity index (χ1n) is 7.56. The molecule has 0 aromatic heterocycles. The van der Waals surface area contributed by atoms with Crippen LogP contribution < -0.4 is 5.73 Å². The van der Waals surface area contributed by atoms with Crippen LogP contribution in [0.2, 0.25) is 0 Å². The highest BCUT2D eigenvalue weighted by atomic mass is 16.4. The number of hydrogen-bond donors (Lipinski definition) is 2. The molecule has 1 amide bonds. The average molecular weight is 284 g/mol. The molecule has 20 heavy (non-hydrogen) atoms. The molecule has 0 radical (unpaired) electrons. The van der Waals surface area contributed by atoms with Gasteiger partial charge in [-0.2, -0.15) is 0 Å². The number of rotatable bonds is 6. The molecule has 1 fully saturated rings. The fourth-order valence-corrected chi connectivity index (χ4v) is 2.71. The normalized spacial score (nSPS) is 22.6. The molecule has 0 bridgehead atoms. The number of nitrogens with two attached hydrogens (primary N) is 1. The van der Waals surface area contributed by atoms with Gasteiger partial charge in [-0.15, -0.1) is 0 Å². The molecule has 0 aromatic carbocycles. The van der Waals surface area contributed by atoms with Gasteiger partial charge in [-0.3, -0.25) is 9.59 Å². The summed E-state index contributed by atoms with van der Waals surface area (Å²) in [5.41, 5.74) is 5.96. The Morgan fingerprint density at radius 2 is 1.95 bits per heavy atom. The number of carboxylic acid groups (broad SMARTS) is 1. The topological polar surface area (TPSA) is 83.6 Å². The van der Waals surface area contributed by atoms with Crippen molar-refractivity contribution in [1.82, 2.24) is 4.90 Å². The molecule has 1 aliphatic heterocycles. The van der Waals surface area contributed by atoms with E-state index < -0.39 is 5.97 Å². The lowest BCUT2D eigenvalue weighted by Gasteiger charge is -2.36. The first kappa shape index (κ1) is 17.0. The molecule has 3 N–H and O–H groups in total. The lowest BCUT2D eigenvalue weighted by Crippen LogP contribution is -2.44. The molecule has 1 rings (SSSR count). The SMILES string of the molecule is CC(C)C(N)CC(=O)N1CCCC(C(C)CC(=O)O)C1. The first-order valence-corrected chi connectivity index (χ1v) is 7.56. The second-order valence-electron chi connectivity index (χ2n) is 6.43. The summed E-state index contributed by atoms with van der Waals surface area (Å²) in [5.74, 6) is 0.0487. The van der Waals surface area contributed by atoms with E-state index in [4.69, 9.17) is 10.8 Å². The second-order valence-corrected chi connectivity index (χ2v) is 6.43. The number of piperidine rings is 1. The van der Waals surface area contributed by atoms with Crippen molar-refractivity contribution in [3.63, 3.8) is 0 Å². The van der Waals surface area contributed by atoms with Crippen molar-refractivity contribution in [2.45, 2.75) is 52.5 Å². The maximum absolute atomic E-state index is 12.2. The monoisotopic (exact) mass is 284 g/mol. The van der Waals surface area contributed by atoms with Crippen LogP contribution in [0.15, 0.2) is 0 Å². The van der Waals surface area contributed by atoms with E-state index in [2.05, 4.69) is 0 Å². The van der Waals surface area contributed by atoms with Gasteiger partial charge in [0.2, 0.25) is 5.91 Å². The number of amides is 1. The molecule has 1 aliphatic rings. The Hall–Kier alpha value is -1.10. The van der Waals surface area contributed by atoms with Crippen LogP contribution >= 0.6 is 0 Å². The van der Waals surface area contributed by atoms with Crippen LogP contribution in [0.3, 0.4) is 0 Å². The van der Waals surface area contributed by atoms with Gasteiger partial charge in [-0.25, -0.2) is 0 Å². The van der Waals surface area contributed by atoms with Crippen LogP contribution in [0, 0.1) is 17.8 Å². The van der Waals surface area contributed by atoms with E-state index in [1.807, 2.05) is 25.7 Å². The third kappa shape index (κ3) is 5.12. The Labute approximate surface area is 121 Å². The van der Waals surface area contributed by atoms with Crippen LogP contribution in [-0.4, -0.2) is 41.0 Å². The second kappa shape index (κ2) is 7.62. The molecular weight excluding hydrogens is 256 g/mol. The number of hydrogen-bond acceptors (Lipinski definition) is 3. The van der Waals surface area contributed by atoms with E-state index >= 15 is 0 Å². The fourth-order valence-electron chi connectivity index (χ4n) is 2.71. The molecule has 0 aliphatic carbocycles. The summed E-state index contributed by atoms with van der Waals surface area (Å²) in [6.45, 7) is 7.46. The number of carboxylic acids is 1. The van der Waals surface area contributed by atoms with Gasteiger partial charge in [0.15, 0.2) is 0 Å². The van der Waals surface area contributed by atoms with Crippen LogP contribution in [-0.2, 0) is 9.59 Å². The average Bonchev–Trinajstić information content (AvgIpc) is 2.37. The van der Waals surface area contributed by atoms with E-state index in [-0.39, 0.29) is 24.3 Å². The molecule has 0 saturated carbocycles. The van der Waals surface area contributed by atoms with Crippen molar-refractivity contribution < 1.29 is 14.7 Å². The predicted molar refractivity (Wildman–Crippen MR) is 78.2 cm³/mol. The number of likely N-dealkylation sites (tertiary alicyclic amines) is 1. The molecule has 0 aromatic rings. The lowest BCUT2D eigenvalue weighted by atomic mass is 9.84. The van der Waals surface area contributed by atoms with Crippen molar-refractivity contribution in [1.29, 1.82) is 0 Å². The molecule has 0 spiro atoms. The van der Waals surface area contributed by atoms with Crippen LogP contribution in [0.25, 0.3) is 0 Å². The van der Waals surface area contributed by atoms with Gasteiger partial charge in [0.1, 0.15) is 0 Å². The molecule has 5 heteroatoms. The summed E-state index contributed by atoms with van der Waals surface area (Å²) in [5, 5.41) is 8.87. The maximum atomic E-state index is 12.2. The number of carbonyl (C=O) groups is 2. The Bertz CT molecular complexity index is 344. The van der Waals surface area contributed by atoms with E-state index in [1.165, 1.54) is 0 Å². The highest BCUT2D eigenvalue weighted by Crippen LogP contribution is 2.26. The molecule has 1 saturated heterocycles. The Balaban J connectivity index is 2.51. The van der Waals surface area contributed by atoms with Gasteiger partial charge < -0.3 is 15.7 Å². The Morgan fingerprint density at radius 1 is 1.30 bits per heavy atom. The highest BCUT2D eigenvalue weighted by molar-refractivity contribution is 5.77. The van der Waals surface area contributed by atoms with Gasteiger partial charge in [0.25, 0.3) is 0 Å². The van der Waals surface area contributed by atoms with Crippen LogP contribution in [0.5, 0.6) is 0 Å². The number of carbonyl (C=O) groups excluding carboxylic acids is 1. The molecule has 116 valence electrons. The van der Waals surface area contributed by atoms with Gasteiger partial charge >= 0.3 is 5.97 Å². The van der Waals surface area contributed by atoms with Crippen molar-refractivity contribution in [2.75, 3.05) is 13.1 Å². The van der Waals surface area contributed by atoms with Crippen molar-refractivity contribution in [3.05, 3.63) is 0 Å². The van der Waals surface area contributed by atoms with Crippen LogP contribution in [0.4, 0.5) is 0 Å². The van der Waals surface area contributed by atoms with Crippen molar-refractivity contribution in [3.8, 4) is 0 Å². The molecule has 3 unspecified atom stereocenters. The van der Waals surface area contributed by atoms with Gasteiger partial charge in [-0.1, -0.05) is 20.8 Å². The third-order valence-corrected chi connectivity index (χ3v) is 4.38. The molecular formula is C15H28N2O3. The summed E-state index contributed by atoms with van der Waals surface area (Å²) in [4.78, 5) is 24.9. The minimum Gasteiger partial charge on any atom is -0.481 e. The van der Waals surface area contributed by atoms with E-state index in [0.29, 0.717) is 24.8 Å². The Kier molecular flexibility index (Phi) is 6.46. The fraction of sp³-hybridized carbons (Fsp3) is 0.867. The zero-order valence-electron chi connectivity index (χ0n) is 12.8. The van der Waals surface area contributed by atoms with Gasteiger partial charge in [-0.05, 0) is 30.6 Å². The smallest absolute Gasteiger partial charge is 0.303 e. The largest absolute Gasteiger partial charge is 0.481 e. The summed E-state index contributed by atoms with van der Waals surface area (Å²) < 4.78 is 0. The van der Waals surface area contributed by atoms with Gasteiger partial charge in [0.05, 0.1) is 0 Å². The van der Waals surface area contributed by atoms with E-state index in [9.17, 15) is 9.59 Å². The van der Waals surface area contributed by atoms with Crippen LogP contribution in [0.1, 0.15) is 46.5 Å². The standard InChI is InChI=1S/C15H28N2O3/c1-10(2)13(16)8-14(18)17-6-4-5-12(9-17)11(3)7-15(19)20/h10-13H,4-9,16H2,1-3H3,(H,19,20). The summed E-state index contributed by atoms with van der Waals surface area (Å²) >= 11 is 0. The highest BCUT2D eigenvalue weighted by Gasteiger charge is 2.29. The van der Waals surface area contributed by atoms with Crippen molar-refractivity contribution in [2.24, 2.45) is 23.5 Å². The minimum atomic E-state index is -0.761. The molecule has 1 heterocycles. The quantitative estimate of drug-likeness (QED) is 0.777. The Morgan fingerprint density at radius 3 is 2.50 bits per heavy atom. The summed E-state index contributed by atoms with van der Waals surface area (Å²) in [6.07, 6.45) is 2.53. The molecule has 5 nitrogen and oxygen atoms in total. The zero-order chi connectivity index (χ0) is 15.3.